The van der Waals surface area contributed by atoms with E-state index in [-0.39, 0.29) is 12.1 Å². The molecule has 2 rings (SSSR count). The largest absolute Gasteiger partial charge is 0.382 e. The molecule has 3 nitrogen and oxygen atoms in total. The molecule has 5 heteroatoms. The molecule has 0 amide bonds. The molecular formula is C10H9F2N3. The lowest BCUT2D eigenvalue weighted by Gasteiger charge is -2.03. The molecular weight excluding hydrogens is 200 g/mol. The Morgan fingerprint density at radius 2 is 2.13 bits per heavy atom. The van der Waals surface area contributed by atoms with Crippen molar-refractivity contribution in [2.24, 2.45) is 0 Å². The van der Waals surface area contributed by atoms with E-state index in [1.165, 1.54) is 6.33 Å². The zero-order valence-electron chi connectivity index (χ0n) is 7.82. The molecule has 2 aromatic rings. The summed E-state index contributed by atoms with van der Waals surface area (Å²) in [4.78, 5) is 3.79. The molecule has 0 saturated carbocycles. The predicted octanol–water partition coefficient (Wildman–Crippen LogP) is 1.79. The highest BCUT2D eigenvalue weighted by Gasteiger charge is 2.04. The van der Waals surface area contributed by atoms with Gasteiger partial charge in [0.1, 0.15) is 17.5 Å². The van der Waals surface area contributed by atoms with E-state index >= 15 is 0 Å². The number of imidazole rings is 1. The quantitative estimate of drug-likeness (QED) is 0.819. The van der Waals surface area contributed by atoms with E-state index in [0.717, 1.165) is 18.2 Å². The molecule has 0 spiro atoms. The normalized spacial score (nSPS) is 10.5. The molecule has 2 N–H and O–H groups in total. The SMILES string of the molecule is Nc1cn(Cc2cc(F)ccc2F)cn1. The molecule has 1 aromatic heterocycles. The van der Waals surface area contributed by atoms with Crippen molar-refractivity contribution in [3.63, 3.8) is 0 Å². The van der Waals surface area contributed by atoms with Gasteiger partial charge in [-0.2, -0.15) is 0 Å². The first-order valence-corrected chi connectivity index (χ1v) is 4.36. The van der Waals surface area contributed by atoms with Gasteiger partial charge in [0.2, 0.25) is 0 Å². The van der Waals surface area contributed by atoms with Crippen LogP contribution in [0.15, 0.2) is 30.7 Å². The molecule has 0 saturated heterocycles. The number of halogens is 2. The van der Waals surface area contributed by atoms with E-state index in [4.69, 9.17) is 5.73 Å². The number of nitrogens with two attached hydrogens (primary N) is 1. The number of anilines is 1. The lowest BCUT2D eigenvalue weighted by atomic mass is 10.2. The summed E-state index contributed by atoms with van der Waals surface area (Å²) in [7, 11) is 0. The summed E-state index contributed by atoms with van der Waals surface area (Å²) in [5.74, 6) is -0.546. The fourth-order valence-electron chi connectivity index (χ4n) is 1.33. The van der Waals surface area contributed by atoms with Crippen LogP contribution in [0.3, 0.4) is 0 Å². The van der Waals surface area contributed by atoms with Crippen molar-refractivity contribution < 1.29 is 8.78 Å². The van der Waals surface area contributed by atoms with Crippen LogP contribution in [-0.4, -0.2) is 9.55 Å². The molecule has 1 heterocycles. The molecule has 15 heavy (non-hydrogen) atoms. The Morgan fingerprint density at radius 1 is 1.33 bits per heavy atom. The standard InChI is InChI=1S/C10H9F2N3/c11-8-1-2-9(12)7(3-8)4-15-5-10(13)14-6-15/h1-3,5-6H,4,13H2. The summed E-state index contributed by atoms with van der Waals surface area (Å²) in [6.45, 7) is 0.216. The highest BCUT2D eigenvalue weighted by molar-refractivity contribution is 5.24. The van der Waals surface area contributed by atoms with Crippen LogP contribution in [-0.2, 0) is 6.54 Å². The van der Waals surface area contributed by atoms with E-state index < -0.39 is 11.6 Å². The molecule has 0 aliphatic carbocycles. The number of benzene rings is 1. The van der Waals surface area contributed by atoms with Gasteiger partial charge in [-0.1, -0.05) is 0 Å². The third-order valence-electron chi connectivity index (χ3n) is 2.01. The Bertz CT molecular complexity index is 479. The van der Waals surface area contributed by atoms with Crippen molar-refractivity contribution in [3.8, 4) is 0 Å². The highest BCUT2D eigenvalue weighted by atomic mass is 19.1. The number of aromatic nitrogens is 2. The zero-order valence-corrected chi connectivity index (χ0v) is 7.82. The van der Waals surface area contributed by atoms with Gasteiger partial charge < -0.3 is 10.3 Å². The summed E-state index contributed by atoms with van der Waals surface area (Å²) in [6, 6.07) is 3.34. The monoisotopic (exact) mass is 209 g/mol. The Labute approximate surface area is 85.2 Å². The van der Waals surface area contributed by atoms with Gasteiger partial charge in [0.05, 0.1) is 12.9 Å². The number of nitrogen functional groups attached to an aromatic ring is 1. The molecule has 0 fully saturated rings. The van der Waals surface area contributed by atoms with Crippen molar-refractivity contribution in [1.29, 1.82) is 0 Å². The van der Waals surface area contributed by atoms with Gasteiger partial charge in [0.15, 0.2) is 0 Å². The van der Waals surface area contributed by atoms with Crippen LogP contribution in [0, 0.1) is 11.6 Å². The molecule has 0 unspecified atom stereocenters. The summed E-state index contributed by atoms with van der Waals surface area (Å²) in [6.07, 6.45) is 3.03. The van der Waals surface area contributed by atoms with Crippen LogP contribution in [0.5, 0.6) is 0 Å². The first-order chi connectivity index (χ1) is 7.15. The van der Waals surface area contributed by atoms with E-state index in [9.17, 15) is 8.78 Å². The number of rotatable bonds is 2. The average molecular weight is 209 g/mol. The van der Waals surface area contributed by atoms with Crippen LogP contribution >= 0.6 is 0 Å². The van der Waals surface area contributed by atoms with Gasteiger partial charge in [0.25, 0.3) is 0 Å². The fraction of sp³-hybridized carbons (Fsp3) is 0.100. The maximum Gasteiger partial charge on any atom is 0.141 e. The summed E-state index contributed by atoms with van der Waals surface area (Å²) >= 11 is 0. The van der Waals surface area contributed by atoms with Crippen LogP contribution < -0.4 is 5.73 Å². The van der Waals surface area contributed by atoms with Crippen molar-refractivity contribution in [2.45, 2.75) is 6.54 Å². The van der Waals surface area contributed by atoms with Crippen molar-refractivity contribution >= 4 is 5.82 Å². The molecule has 0 aliphatic rings. The number of nitrogens with zero attached hydrogens (tertiary/aromatic N) is 2. The minimum absolute atomic E-state index is 0.216. The molecule has 0 aliphatic heterocycles. The number of hydrogen-bond donors (Lipinski definition) is 1. The Morgan fingerprint density at radius 3 is 2.80 bits per heavy atom. The molecule has 0 bridgehead atoms. The molecule has 0 atom stereocenters. The van der Waals surface area contributed by atoms with Gasteiger partial charge in [-0.05, 0) is 18.2 Å². The van der Waals surface area contributed by atoms with Gasteiger partial charge in [-0.3, -0.25) is 0 Å². The summed E-state index contributed by atoms with van der Waals surface area (Å²) in [5.41, 5.74) is 5.67. The highest BCUT2D eigenvalue weighted by Crippen LogP contribution is 2.11. The Balaban J connectivity index is 2.27. The van der Waals surface area contributed by atoms with Crippen LogP contribution in [0.25, 0.3) is 0 Å². The van der Waals surface area contributed by atoms with Crippen LogP contribution in [0.1, 0.15) is 5.56 Å². The van der Waals surface area contributed by atoms with Gasteiger partial charge in [0, 0.05) is 11.8 Å². The van der Waals surface area contributed by atoms with Crippen molar-refractivity contribution in [2.75, 3.05) is 5.73 Å². The molecule has 78 valence electrons. The Kier molecular flexibility index (Phi) is 2.37. The van der Waals surface area contributed by atoms with Crippen LogP contribution in [0.2, 0.25) is 0 Å². The van der Waals surface area contributed by atoms with Gasteiger partial charge in [-0.25, -0.2) is 13.8 Å². The zero-order chi connectivity index (χ0) is 10.8. The number of hydrogen-bond acceptors (Lipinski definition) is 2. The molecule has 0 radical (unpaired) electrons. The van der Waals surface area contributed by atoms with E-state index in [0.29, 0.717) is 5.82 Å². The summed E-state index contributed by atoms with van der Waals surface area (Å²) < 4.78 is 27.7. The second-order valence-electron chi connectivity index (χ2n) is 3.21. The van der Waals surface area contributed by atoms with E-state index in [1.54, 1.807) is 10.8 Å². The van der Waals surface area contributed by atoms with E-state index in [2.05, 4.69) is 4.98 Å². The first-order valence-electron chi connectivity index (χ1n) is 4.36. The smallest absolute Gasteiger partial charge is 0.141 e. The lowest BCUT2D eigenvalue weighted by Crippen LogP contribution is -2.00. The van der Waals surface area contributed by atoms with Gasteiger partial charge >= 0.3 is 0 Å². The maximum atomic E-state index is 13.2. The van der Waals surface area contributed by atoms with E-state index in [1.807, 2.05) is 0 Å². The molecule has 1 aromatic carbocycles. The van der Waals surface area contributed by atoms with Crippen LogP contribution in [0.4, 0.5) is 14.6 Å². The fourth-order valence-corrected chi connectivity index (χ4v) is 1.33. The summed E-state index contributed by atoms with van der Waals surface area (Å²) in [5, 5.41) is 0. The average Bonchev–Trinajstić information content (AvgIpc) is 2.58. The minimum Gasteiger partial charge on any atom is -0.382 e. The second kappa shape index (κ2) is 3.68. The predicted molar refractivity (Wildman–Crippen MR) is 52.1 cm³/mol. The first kappa shape index (κ1) is 9.64. The third-order valence-corrected chi connectivity index (χ3v) is 2.01. The minimum atomic E-state index is -0.459. The third kappa shape index (κ3) is 2.12. The van der Waals surface area contributed by atoms with Gasteiger partial charge in [-0.15, -0.1) is 0 Å². The van der Waals surface area contributed by atoms with Crippen molar-refractivity contribution in [1.82, 2.24) is 9.55 Å². The maximum absolute atomic E-state index is 13.2. The lowest BCUT2D eigenvalue weighted by molar-refractivity contribution is 0.577. The Hall–Kier alpha value is -1.91. The topological polar surface area (TPSA) is 43.8 Å². The second-order valence-corrected chi connectivity index (χ2v) is 3.21. The van der Waals surface area contributed by atoms with Crippen molar-refractivity contribution in [3.05, 3.63) is 47.9 Å².